The van der Waals surface area contributed by atoms with Crippen molar-refractivity contribution >= 4 is 0 Å². The van der Waals surface area contributed by atoms with Gasteiger partial charge in [-0.2, -0.15) is 5.10 Å². The molecule has 0 aromatic carbocycles. The minimum absolute atomic E-state index is 0.270. The molecule has 0 saturated heterocycles. The molecule has 3 N–H and O–H groups in total. The van der Waals surface area contributed by atoms with Crippen molar-refractivity contribution in [2.24, 2.45) is 11.7 Å². The highest BCUT2D eigenvalue weighted by Gasteiger charge is 2.22. The van der Waals surface area contributed by atoms with Gasteiger partial charge in [0.2, 0.25) is 0 Å². The van der Waals surface area contributed by atoms with Crippen LogP contribution < -0.4 is 11.1 Å². The van der Waals surface area contributed by atoms with Crippen LogP contribution in [0, 0.1) is 5.92 Å². The summed E-state index contributed by atoms with van der Waals surface area (Å²) in [6.07, 6.45) is 7.91. The van der Waals surface area contributed by atoms with E-state index in [0.29, 0.717) is 6.54 Å². The molecule has 0 aliphatic heterocycles. The summed E-state index contributed by atoms with van der Waals surface area (Å²) in [4.78, 5) is 0. The van der Waals surface area contributed by atoms with Crippen LogP contribution in [0.2, 0.25) is 0 Å². The Balaban J connectivity index is 1.89. The molecule has 1 atom stereocenters. The smallest absolute Gasteiger partial charge is 0.0538 e. The summed E-state index contributed by atoms with van der Waals surface area (Å²) < 4.78 is 2.00. The van der Waals surface area contributed by atoms with Crippen LogP contribution in [0.3, 0.4) is 0 Å². The molecule has 4 nitrogen and oxygen atoms in total. The first-order valence-electron chi connectivity index (χ1n) is 6.29. The average Bonchev–Trinajstić information content (AvgIpc) is 3.00. The predicted octanol–water partition coefficient (Wildman–Crippen LogP) is 1.29. The second-order valence-corrected chi connectivity index (χ2v) is 4.68. The van der Waals surface area contributed by atoms with Gasteiger partial charge in [0.05, 0.1) is 6.20 Å². The number of nitrogens with two attached hydrogens (primary N) is 1. The number of nitrogens with zero attached hydrogens (tertiary/aromatic N) is 2. The minimum atomic E-state index is 0.270. The fraction of sp³-hybridized carbons (Fsp3) is 0.750. The molecular formula is C12H22N4. The standard InChI is InChI=1S/C12H22N4/c1-2-5-16-9-11(8-15-16)12(6-13)14-7-10-3-4-10/h8-10,12,14H,2-7,13H2,1H3. The van der Waals surface area contributed by atoms with E-state index in [-0.39, 0.29) is 6.04 Å². The van der Waals surface area contributed by atoms with Crippen molar-refractivity contribution in [3.63, 3.8) is 0 Å². The van der Waals surface area contributed by atoms with Crippen molar-refractivity contribution in [1.82, 2.24) is 15.1 Å². The van der Waals surface area contributed by atoms with Gasteiger partial charge in [-0.25, -0.2) is 0 Å². The molecule has 1 saturated carbocycles. The van der Waals surface area contributed by atoms with E-state index >= 15 is 0 Å². The lowest BCUT2D eigenvalue weighted by Gasteiger charge is -2.14. The Morgan fingerprint density at radius 2 is 2.44 bits per heavy atom. The molecule has 1 unspecified atom stereocenters. The normalized spacial score (nSPS) is 17.6. The second kappa shape index (κ2) is 5.46. The van der Waals surface area contributed by atoms with Crippen LogP contribution in [0.25, 0.3) is 0 Å². The maximum atomic E-state index is 5.80. The Kier molecular flexibility index (Phi) is 3.96. The third-order valence-corrected chi connectivity index (χ3v) is 3.09. The molecular weight excluding hydrogens is 200 g/mol. The molecule has 1 aromatic rings. The van der Waals surface area contributed by atoms with E-state index in [1.165, 1.54) is 18.4 Å². The summed E-state index contributed by atoms with van der Waals surface area (Å²) in [7, 11) is 0. The number of nitrogens with one attached hydrogen (secondary N) is 1. The highest BCUT2D eigenvalue weighted by molar-refractivity contribution is 5.11. The lowest BCUT2D eigenvalue weighted by molar-refractivity contribution is 0.521. The number of hydrogen-bond donors (Lipinski definition) is 2. The molecule has 2 rings (SSSR count). The van der Waals surface area contributed by atoms with Crippen molar-refractivity contribution < 1.29 is 0 Å². The summed E-state index contributed by atoms with van der Waals surface area (Å²) >= 11 is 0. The fourth-order valence-corrected chi connectivity index (χ4v) is 1.88. The highest BCUT2D eigenvalue weighted by Crippen LogP contribution is 2.28. The molecule has 0 bridgehead atoms. The zero-order valence-corrected chi connectivity index (χ0v) is 10.0. The van der Waals surface area contributed by atoms with Gasteiger partial charge in [0.1, 0.15) is 0 Å². The molecule has 1 aliphatic rings. The topological polar surface area (TPSA) is 55.9 Å². The summed E-state index contributed by atoms with van der Waals surface area (Å²) in [5.41, 5.74) is 7.01. The Morgan fingerprint density at radius 3 is 3.06 bits per heavy atom. The largest absolute Gasteiger partial charge is 0.329 e. The van der Waals surface area contributed by atoms with Crippen molar-refractivity contribution in [3.05, 3.63) is 18.0 Å². The monoisotopic (exact) mass is 222 g/mol. The number of aromatic nitrogens is 2. The first-order valence-corrected chi connectivity index (χ1v) is 6.29. The van der Waals surface area contributed by atoms with Gasteiger partial charge in [-0.05, 0) is 31.7 Å². The van der Waals surface area contributed by atoms with Crippen molar-refractivity contribution in [2.45, 2.75) is 38.8 Å². The summed E-state index contributed by atoms with van der Waals surface area (Å²) in [6.45, 7) is 4.89. The minimum Gasteiger partial charge on any atom is -0.329 e. The predicted molar refractivity (Wildman–Crippen MR) is 65.0 cm³/mol. The molecule has 0 amide bonds. The van der Waals surface area contributed by atoms with Gasteiger partial charge in [-0.15, -0.1) is 0 Å². The Labute approximate surface area is 97.2 Å². The molecule has 90 valence electrons. The molecule has 4 heteroatoms. The average molecular weight is 222 g/mol. The SMILES string of the molecule is CCCn1cc(C(CN)NCC2CC2)cn1. The zero-order chi connectivity index (χ0) is 11.4. The summed E-state index contributed by atoms with van der Waals surface area (Å²) in [6, 6.07) is 0.270. The molecule has 1 heterocycles. The Morgan fingerprint density at radius 1 is 1.62 bits per heavy atom. The third kappa shape index (κ3) is 3.06. The first-order chi connectivity index (χ1) is 7.83. The maximum Gasteiger partial charge on any atom is 0.0538 e. The van der Waals surface area contributed by atoms with E-state index in [2.05, 4.69) is 23.5 Å². The van der Waals surface area contributed by atoms with Crippen LogP contribution >= 0.6 is 0 Å². The number of rotatable bonds is 7. The number of hydrogen-bond acceptors (Lipinski definition) is 3. The van der Waals surface area contributed by atoms with Crippen molar-refractivity contribution in [1.29, 1.82) is 0 Å². The third-order valence-electron chi connectivity index (χ3n) is 3.09. The molecule has 16 heavy (non-hydrogen) atoms. The van der Waals surface area contributed by atoms with E-state index in [9.17, 15) is 0 Å². The first kappa shape index (κ1) is 11.6. The van der Waals surface area contributed by atoms with Crippen LogP contribution in [0.5, 0.6) is 0 Å². The van der Waals surface area contributed by atoms with Crippen molar-refractivity contribution in [2.75, 3.05) is 13.1 Å². The van der Waals surface area contributed by atoms with Gasteiger partial charge >= 0.3 is 0 Å². The van der Waals surface area contributed by atoms with Crippen LogP contribution in [0.15, 0.2) is 12.4 Å². The Hall–Kier alpha value is -0.870. The van der Waals surface area contributed by atoms with E-state index in [0.717, 1.165) is 25.4 Å². The molecule has 1 aromatic heterocycles. The van der Waals surface area contributed by atoms with Crippen molar-refractivity contribution in [3.8, 4) is 0 Å². The van der Waals surface area contributed by atoms with E-state index in [4.69, 9.17) is 5.73 Å². The number of aryl methyl sites for hydroxylation is 1. The summed E-state index contributed by atoms with van der Waals surface area (Å²) in [5, 5.41) is 7.86. The lowest BCUT2D eigenvalue weighted by atomic mass is 10.1. The van der Waals surface area contributed by atoms with Gasteiger partial charge in [-0.3, -0.25) is 4.68 Å². The van der Waals surface area contributed by atoms with Gasteiger partial charge in [0.25, 0.3) is 0 Å². The van der Waals surface area contributed by atoms with Crippen LogP contribution in [-0.2, 0) is 6.54 Å². The second-order valence-electron chi connectivity index (χ2n) is 4.68. The van der Waals surface area contributed by atoms with Gasteiger partial charge < -0.3 is 11.1 Å². The Bertz CT molecular complexity index is 317. The van der Waals surface area contributed by atoms with Gasteiger partial charge in [0, 0.05) is 30.9 Å². The van der Waals surface area contributed by atoms with E-state index in [1.807, 2.05) is 10.9 Å². The summed E-state index contributed by atoms with van der Waals surface area (Å²) in [5.74, 6) is 0.889. The van der Waals surface area contributed by atoms with Gasteiger partial charge in [0.15, 0.2) is 0 Å². The van der Waals surface area contributed by atoms with Crippen LogP contribution in [-0.4, -0.2) is 22.9 Å². The van der Waals surface area contributed by atoms with Gasteiger partial charge in [-0.1, -0.05) is 6.92 Å². The zero-order valence-electron chi connectivity index (χ0n) is 10.0. The molecule has 0 radical (unpaired) electrons. The molecule has 1 fully saturated rings. The van der Waals surface area contributed by atoms with Crippen LogP contribution in [0.4, 0.5) is 0 Å². The fourth-order valence-electron chi connectivity index (χ4n) is 1.88. The quantitative estimate of drug-likeness (QED) is 0.731. The van der Waals surface area contributed by atoms with E-state index in [1.54, 1.807) is 0 Å². The van der Waals surface area contributed by atoms with E-state index < -0.39 is 0 Å². The molecule has 0 spiro atoms. The maximum absolute atomic E-state index is 5.80. The molecule has 1 aliphatic carbocycles. The highest BCUT2D eigenvalue weighted by atomic mass is 15.3. The van der Waals surface area contributed by atoms with Crippen LogP contribution in [0.1, 0.15) is 37.8 Å². The lowest BCUT2D eigenvalue weighted by Crippen LogP contribution is -2.29.